The van der Waals surface area contributed by atoms with Crippen LogP contribution in [0.2, 0.25) is 0 Å². The zero-order valence-corrected chi connectivity index (χ0v) is 10.2. The molecule has 0 saturated carbocycles. The van der Waals surface area contributed by atoms with Crippen molar-refractivity contribution in [2.45, 2.75) is 20.0 Å². The van der Waals surface area contributed by atoms with Crippen molar-refractivity contribution in [1.29, 1.82) is 0 Å². The summed E-state index contributed by atoms with van der Waals surface area (Å²) in [5, 5.41) is 3.91. The lowest BCUT2D eigenvalue weighted by Gasteiger charge is -2.13. The second-order valence-corrected chi connectivity index (χ2v) is 3.75. The molecule has 1 aliphatic heterocycles. The normalized spacial score (nSPS) is 13.3. The number of hydrogen-bond donors (Lipinski definition) is 1. The van der Waals surface area contributed by atoms with Crippen molar-refractivity contribution in [1.82, 2.24) is 14.7 Å². The highest BCUT2D eigenvalue weighted by atomic mass is 16.6. The van der Waals surface area contributed by atoms with Gasteiger partial charge in [-0.25, -0.2) is 9.59 Å². The average molecular weight is 254 g/mol. The minimum atomic E-state index is -0.600. The number of fused-ring (bicyclic) bond motifs is 1. The van der Waals surface area contributed by atoms with Crippen molar-refractivity contribution < 1.29 is 19.1 Å². The molecule has 0 radical (unpaired) electrons. The molecule has 1 aromatic rings. The van der Waals surface area contributed by atoms with E-state index in [1.54, 1.807) is 6.92 Å². The average Bonchev–Trinajstić information content (AvgIpc) is 2.90. The molecular weight excluding hydrogens is 240 g/mol. The number of methoxy groups -OCH3 is 1. The Labute approximate surface area is 103 Å². The monoisotopic (exact) mass is 254 g/mol. The van der Waals surface area contributed by atoms with Gasteiger partial charge in [-0.2, -0.15) is 4.68 Å². The lowest BCUT2D eigenvalue weighted by Crippen LogP contribution is -2.27. The van der Waals surface area contributed by atoms with Gasteiger partial charge in [0.05, 0.1) is 32.5 Å². The molecule has 1 aliphatic rings. The van der Waals surface area contributed by atoms with Crippen LogP contribution in [0.15, 0.2) is 0 Å². The Kier molecular flexibility index (Phi) is 3.09. The molecular formula is C10H14N4O4. The lowest BCUT2D eigenvalue weighted by atomic mass is 10.3. The minimum Gasteiger partial charge on any atom is -0.453 e. The Hall–Kier alpha value is -2.25. The van der Waals surface area contributed by atoms with Gasteiger partial charge in [0, 0.05) is 5.56 Å². The lowest BCUT2D eigenvalue weighted by molar-refractivity contribution is 0.121. The molecule has 0 atom stereocenters. The van der Waals surface area contributed by atoms with Crippen LogP contribution in [0.25, 0.3) is 0 Å². The second kappa shape index (κ2) is 4.55. The predicted octanol–water partition coefficient (Wildman–Crippen LogP) is 0.552. The Morgan fingerprint density at radius 1 is 1.39 bits per heavy atom. The van der Waals surface area contributed by atoms with Gasteiger partial charge in [-0.1, -0.05) is 0 Å². The Balaban J connectivity index is 2.27. The molecule has 8 nitrogen and oxygen atoms in total. The Bertz CT molecular complexity index is 496. The first-order valence-corrected chi connectivity index (χ1v) is 5.44. The Morgan fingerprint density at radius 3 is 2.72 bits per heavy atom. The maximum Gasteiger partial charge on any atom is 0.435 e. The number of rotatable bonds is 1. The molecule has 2 heterocycles. The second-order valence-electron chi connectivity index (χ2n) is 3.75. The molecule has 1 aromatic heterocycles. The SMILES string of the molecule is CCOC(=O)n1nc(N)c2c1CN(C(=O)OC)C2. The number of amides is 1. The van der Waals surface area contributed by atoms with Crippen molar-refractivity contribution in [3.8, 4) is 0 Å². The van der Waals surface area contributed by atoms with E-state index in [0.717, 1.165) is 4.68 Å². The van der Waals surface area contributed by atoms with Gasteiger partial charge in [-0.15, -0.1) is 5.10 Å². The summed E-state index contributed by atoms with van der Waals surface area (Å²) in [7, 11) is 1.30. The number of hydrogen-bond acceptors (Lipinski definition) is 6. The highest BCUT2D eigenvalue weighted by molar-refractivity contribution is 5.74. The molecule has 0 fully saturated rings. The third kappa shape index (κ3) is 1.85. The van der Waals surface area contributed by atoms with E-state index in [2.05, 4.69) is 9.84 Å². The summed E-state index contributed by atoms with van der Waals surface area (Å²) < 4.78 is 10.6. The van der Waals surface area contributed by atoms with Crippen LogP contribution in [0.5, 0.6) is 0 Å². The third-order valence-electron chi connectivity index (χ3n) is 2.68. The van der Waals surface area contributed by atoms with E-state index in [1.165, 1.54) is 12.0 Å². The van der Waals surface area contributed by atoms with Crippen molar-refractivity contribution in [3.63, 3.8) is 0 Å². The number of carbonyl (C=O) groups is 2. The van der Waals surface area contributed by atoms with Gasteiger partial charge in [0.25, 0.3) is 0 Å². The molecule has 98 valence electrons. The first kappa shape index (κ1) is 12.2. The van der Waals surface area contributed by atoms with Crippen LogP contribution in [0.1, 0.15) is 18.2 Å². The first-order valence-electron chi connectivity index (χ1n) is 5.44. The van der Waals surface area contributed by atoms with Crippen LogP contribution in [-0.4, -0.2) is 40.6 Å². The molecule has 0 aromatic carbocycles. The van der Waals surface area contributed by atoms with Crippen LogP contribution in [-0.2, 0) is 22.6 Å². The van der Waals surface area contributed by atoms with Gasteiger partial charge in [0.1, 0.15) is 0 Å². The van der Waals surface area contributed by atoms with Gasteiger partial charge in [0.15, 0.2) is 5.82 Å². The summed E-state index contributed by atoms with van der Waals surface area (Å²) in [4.78, 5) is 24.5. The number of ether oxygens (including phenoxy) is 2. The Morgan fingerprint density at radius 2 is 2.11 bits per heavy atom. The molecule has 18 heavy (non-hydrogen) atoms. The van der Waals surface area contributed by atoms with E-state index >= 15 is 0 Å². The molecule has 0 spiro atoms. The summed E-state index contributed by atoms with van der Waals surface area (Å²) >= 11 is 0. The summed E-state index contributed by atoms with van der Waals surface area (Å²) in [6, 6.07) is 0. The van der Waals surface area contributed by atoms with Crippen molar-refractivity contribution >= 4 is 18.0 Å². The van der Waals surface area contributed by atoms with Crippen molar-refractivity contribution in [3.05, 3.63) is 11.3 Å². The fourth-order valence-electron chi connectivity index (χ4n) is 1.86. The topological polar surface area (TPSA) is 99.7 Å². The number of nitrogen functional groups attached to an aromatic ring is 1. The van der Waals surface area contributed by atoms with E-state index in [4.69, 9.17) is 10.5 Å². The fourth-order valence-corrected chi connectivity index (χ4v) is 1.86. The van der Waals surface area contributed by atoms with Crippen LogP contribution >= 0.6 is 0 Å². The van der Waals surface area contributed by atoms with Crippen LogP contribution in [0.3, 0.4) is 0 Å². The van der Waals surface area contributed by atoms with Crippen molar-refractivity contribution in [2.75, 3.05) is 19.5 Å². The number of nitrogens with two attached hydrogens (primary N) is 1. The van der Waals surface area contributed by atoms with E-state index in [1.807, 2.05) is 0 Å². The van der Waals surface area contributed by atoms with Crippen LogP contribution in [0, 0.1) is 0 Å². The molecule has 8 heteroatoms. The molecule has 2 N–H and O–H groups in total. The predicted molar refractivity (Wildman–Crippen MR) is 60.7 cm³/mol. The first-order chi connectivity index (χ1) is 8.58. The highest BCUT2D eigenvalue weighted by Gasteiger charge is 2.32. The largest absolute Gasteiger partial charge is 0.453 e. The number of nitrogens with zero attached hydrogens (tertiary/aromatic N) is 3. The molecule has 0 bridgehead atoms. The molecule has 0 aliphatic carbocycles. The van der Waals surface area contributed by atoms with E-state index in [9.17, 15) is 9.59 Å². The highest BCUT2D eigenvalue weighted by Crippen LogP contribution is 2.27. The van der Waals surface area contributed by atoms with Gasteiger partial charge in [0.2, 0.25) is 0 Å². The van der Waals surface area contributed by atoms with Gasteiger partial charge in [-0.3, -0.25) is 4.90 Å². The minimum absolute atomic E-state index is 0.226. The van der Waals surface area contributed by atoms with E-state index < -0.39 is 12.2 Å². The van der Waals surface area contributed by atoms with Gasteiger partial charge >= 0.3 is 12.2 Å². The van der Waals surface area contributed by atoms with Gasteiger partial charge < -0.3 is 15.2 Å². The number of anilines is 1. The summed E-state index contributed by atoms with van der Waals surface area (Å²) in [5.74, 6) is 0.226. The van der Waals surface area contributed by atoms with E-state index in [0.29, 0.717) is 11.3 Å². The molecule has 0 unspecified atom stereocenters. The number of carbonyl (C=O) groups excluding carboxylic acids is 2. The zero-order valence-electron chi connectivity index (χ0n) is 10.2. The molecule has 0 saturated heterocycles. The zero-order chi connectivity index (χ0) is 13.3. The van der Waals surface area contributed by atoms with E-state index in [-0.39, 0.29) is 25.5 Å². The summed E-state index contributed by atoms with van der Waals surface area (Å²) in [6.45, 7) is 2.46. The maximum atomic E-state index is 11.7. The van der Waals surface area contributed by atoms with Crippen LogP contribution in [0.4, 0.5) is 15.4 Å². The standard InChI is InChI=1S/C10H14N4O4/c1-3-18-10(16)14-7-5-13(9(15)17-2)4-6(7)8(11)12-14/h3-5H2,1-2H3,(H2,11,12). The van der Waals surface area contributed by atoms with Gasteiger partial charge in [-0.05, 0) is 6.92 Å². The molecule has 2 rings (SSSR count). The summed E-state index contributed by atoms with van der Waals surface area (Å²) in [6.07, 6.45) is -1.07. The number of aromatic nitrogens is 2. The smallest absolute Gasteiger partial charge is 0.435 e. The third-order valence-corrected chi connectivity index (χ3v) is 2.68. The van der Waals surface area contributed by atoms with Crippen molar-refractivity contribution in [2.24, 2.45) is 0 Å². The maximum absolute atomic E-state index is 11.7. The van der Waals surface area contributed by atoms with Crippen LogP contribution < -0.4 is 5.73 Å². The molecule has 1 amide bonds. The quantitative estimate of drug-likeness (QED) is 0.785. The fraction of sp³-hybridized carbons (Fsp3) is 0.500. The summed E-state index contributed by atoms with van der Waals surface area (Å²) in [5.41, 5.74) is 6.94.